The molecule has 2 aromatic carbocycles. The van der Waals surface area contributed by atoms with E-state index in [-0.39, 0.29) is 5.56 Å². The average molecular weight is 248 g/mol. The van der Waals surface area contributed by atoms with Crippen LogP contribution in [0.15, 0.2) is 42.5 Å². The molecule has 0 aliphatic heterocycles. The van der Waals surface area contributed by atoms with Gasteiger partial charge < -0.3 is 10.8 Å². The molecule has 4 heteroatoms. The van der Waals surface area contributed by atoms with E-state index in [4.69, 9.17) is 22.4 Å². The first kappa shape index (κ1) is 11.5. The Kier molecular flexibility index (Phi) is 3.02. The van der Waals surface area contributed by atoms with E-state index in [0.29, 0.717) is 16.3 Å². The van der Waals surface area contributed by atoms with E-state index in [2.05, 4.69) is 0 Å². The smallest absolute Gasteiger partial charge is 0.336 e. The number of rotatable bonds is 2. The standard InChI is InChI=1S/C13H10ClNO2/c14-9-3-1-2-8(6-9)11-5-4-10(15)7-12(11)13(16)17/h1-7H,15H2,(H,16,17). The van der Waals surface area contributed by atoms with Crippen LogP contribution in [0.4, 0.5) is 5.69 Å². The van der Waals surface area contributed by atoms with Gasteiger partial charge in [0, 0.05) is 10.7 Å². The molecule has 17 heavy (non-hydrogen) atoms. The predicted octanol–water partition coefficient (Wildman–Crippen LogP) is 3.29. The molecule has 0 atom stereocenters. The van der Waals surface area contributed by atoms with Crippen molar-refractivity contribution in [3.63, 3.8) is 0 Å². The van der Waals surface area contributed by atoms with Crippen LogP contribution in [0, 0.1) is 0 Å². The van der Waals surface area contributed by atoms with Crippen molar-refractivity contribution in [3.8, 4) is 11.1 Å². The van der Waals surface area contributed by atoms with Gasteiger partial charge in [-0.15, -0.1) is 0 Å². The van der Waals surface area contributed by atoms with Gasteiger partial charge in [0.2, 0.25) is 0 Å². The fourth-order valence-corrected chi connectivity index (χ4v) is 1.84. The van der Waals surface area contributed by atoms with Crippen LogP contribution in [-0.2, 0) is 0 Å². The number of halogens is 1. The van der Waals surface area contributed by atoms with Crippen molar-refractivity contribution >= 4 is 23.3 Å². The second-order valence-corrected chi connectivity index (χ2v) is 4.06. The van der Waals surface area contributed by atoms with E-state index in [1.165, 1.54) is 6.07 Å². The van der Waals surface area contributed by atoms with Gasteiger partial charge in [0.25, 0.3) is 0 Å². The summed E-state index contributed by atoms with van der Waals surface area (Å²) in [5.74, 6) is -1.01. The van der Waals surface area contributed by atoms with Crippen LogP contribution in [0.3, 0.4) is 0 Å². The number of hydrogen-bond donors (Lipinski definition) is 2. The van der Waals surface area contributed by atoms with Crippen molar-refractivity contribution in [1.29, 1.82) is 0 Å². The lowest BCUT2D eigenvalue weighted by Gasteiger charge is -2.07. The van der Waals surface area contributed by atoms with E-state index in [0.717, 1.165) is 5.56 Å². The number of carboxylic acids is 1. The van der Waals surface area contributed by atoms with Crippen LogP contribution in [0.5, 0.6) is 0 Å². The second-order valence-electron chi connectivity index (χ2n) is 3.62. The number of benzene rings is 2. The van der Waals surface area contributed by atoms with E-state index >= 15 is 0 Å². The molecule has 0 heterocycles. The lowest BCUT2D eigenvalue weighted by molar-refractivity contribution is 0.0698. The Hall–Kier alpha value is -2.00. The van der Waals surface area contributed by atoms with Gasteiger partial charge in [0.1, 0.15) is 0 Å². The number of carboxylic acid groups (broad SMARTS) is 1. The number of carbonyl (C=O) groups is 1. The molecule has 86 valence electrons. The maximum atomic E-state index is 11.1. The fraction of sp³-hybridized carbons (Fsp3) is 0. The molecule has 0 fully saturated rings. The van der Waals surface area contributed by atoms with Crippen LogP contribution in [0.25, 0.3) is 11.1 Å². The third-order valence-corrected chi connectivity index (χ3v) is 2.64. The van der Waals surface area contributed by atoms with Gasteiger partial charge in [0.05, 0.1) is 5.56 Å². The van der Waals surface area contributed by atoms with Crippen LogP contribution in [-0.4, -0.2) is 11.1 Å². The van der Waals surface area contributed by atoms with Gasteiger partial charge in [-0.05, 0) is 35.4 Å². The van der Waals surface area contributed by atoms with Gasteiger partial charge >= 0.3 is 5.97 Å². The summed E-state index contributed by atoms with van der Waals surface area (Å²) in [6.07, 6.45) is 0. The topological polar surface area (TPSA) is 63.3 Å². The summed E-state index contributed by atoms with van der Waals surface area (Å²) >= 11 is 5.89. The maximum absolute atomic E-state index is 11.1. The first-order chi connectivity index (χ1) is 8.08. The van der Waals surface area contributed by atoms with Crippen molar-refractivity contribution in [2.75, 3.05) is 5.73 Å². The molecule has 0 saturated carbocycles. The van der Waals surface area contributed by atoms with Gasteiger partial charge in [-0.25, -0.2) is 4.79 Å². The van der Waals surface area contributed by atoms with E-state index in [1.54, 1.807) is 30.3 Å². The molecule has 0 radical (unpaired) electrons. The van der Waals surface area contributed by atoms with Crippen molar-refractivity contribution in [3.05, 3.63) is 53.1 Å². The predicted molar refractivity (Wildman–Crippen MR) is 68.3 cm³/mol. The lowest BCUT2D eigenvalue weighted by Crippen LogP contribution is -2.01. The quantitative estimate of drug-likeness (QED) is 0.801. The Morgan fingerprint density at radius 2 is 1.94 bits per heavy atom. The molecule has 0 unspecified atom stereocenters. The van der Waals surface area contributed by atoms with Crippen LogP contribution >= 0.6 is 11.6 Å². The number of nitrogen functional groups attached to an aromatic ring is 1. The zero-order valence-electron chi connectivity index (χ0n) is 8.85. The summed E-state index contributed by atoms with van der Waals surface area (Å²) in [7, 11) is 0. The SMILES string of the molecule is Nc1ccc(-c2cccc(Cl)c2)c(C(=O)O)c1. The number of hydrogen-bond acceptors (Lipinski definition) is 2. The van der Waals surface area contributed by atoms with Crippen molar-refractivity contribution in [1.82, 2.24) is 0 Å². The molecule has 0 amide bonds. The van der Waals surface area contributed by atoms with Crippen LogP contribution in [0.1, 0.15) is 10.4 Å². The highest BCUT2D eigenvalue weighted by molar-refractivity contribution is 6.30. The third-order valence-electron chi connectivity index (χ3n) is 2.41. The average Bonchev–Trinajstić information content (AvgIpc) is 2.28. The lowest BCUT2D eigenvalue weighted by atomic mass is 9.99. The van der Waals surface area contributed by atoms with Gasteiger partial charge in [0.15, 0.2) is 0 Å². The van der Waals surface area contributed by atoms with Gasteiger partial charge in [-0.1, -0.05) is 29.8 Å². The zero-order chi connectivity index (χ0) is 12.4. The zero-order valence-corrected chi connectivity index (χ0v) is 9.61. The highest BCUT2D eigenvalue weighted by atomic mass is 35.5. The molecule has 2 rings (SSSR count). The molecule has 2 aromatic rings. The maximum Gasteiger partial charge on any atom is 0.336 e. The normalized spacial score (nSPS) is 10.2. The fourth-order valence-electron chi connectivity index (χ4n) is 1.65. The minimum absolute atomic E-state index is 0.173. The molecule has 0 aliphatic carbocycles. The number of anilines is 1. The monoisotopic (exact) mass is 247 g/mol. The molecule has 3 N–H and O–H groups in total. The Labute approximate surface area is 103 Å². The molecular formula is C13H10ClNO2. The highest BCUT2D eigenvalue weighted by Crippen LogP contribution is 2.27. The summed E-state index contributed by atoms with van der Waals surface area (Å²) in [5.41, 5.74) is 7.55. The Bertz CT molecular complexity index is 581. The summed E-state index contributed by atoms with van der Waals surface area (Å²) in [6.45, 7) is 0. The van der Waals surface area contributed by atoms with Crippen LogP contribution in [0.2, 0.25) is 5.02 Å². The minimum atomic E-state index is -1.01. The van der Waals surface area contributed by atoms with E-state index in [9.17, 15) is 4.79 Å². The van der Waals surface area contributed by atoms with Crippen LogP contribution < -0.4 is 5.73 Å². The van der Waals surface area contributed by atoms with Crippen molar-refractivity contribution in [2.24, 2.45) is 0 Å². The summed E-state index contributed by atoms with van der Waals surface area (Å²) < 4.78 is 0. The van der Waals surface area contributed by atoms with Gasteiger partial charge in [-0.2, -0.15) is 0 Å². The third kappa shape index (κ3) is 2.40. The minimum Gasteiger partial charge on any atom is -0.478 e. The Morgan fingerprint density at radius 1 is 1.18 bits per heavy atom. The van der Waals surface area contributed by atoms with Gasteiger partial charge in [-0.3, -0.25) is 0 Å². The Morgan fingerprint density at radius 3 is 2.59 bits per heavy atom. The van der Waals surface area contributed by atoms with Crippen molar-refractivity contribution in [2.45, 2.75) is 0 Å². The second kappa shape index (κ2) is 4.47. The number of nitrogens with two attached hydrogens (primary N) is 1. The first-order valence-electron chi connectivity index (χ1n) is 4.96. The van der Waals surface area contributed by atoms with Crippen molar-refractivity contribution < 1.29 is 9.90 Å². The Balaban J connectivity index is 2.63. The first-order valence-corrected chi connectivity index (χ1v) is 5.34. The molecule has 0 aromatic heterocycles. The summed E-state index contributed by atoms with van der Waals surface area (Å²) in [6, 6.07) is 11.8. The largest absolute Gasteiger partial charge is 0.478 e. The summed E-state index contributed by atoms with van der Waals surface area (Å²) in [5, 5.41) is 9.70. The molecule has 0 saturated heterocycles. The molecule has 0 bridgehead atoms. The summed E-state index contributed by atoms with van der Waals surface area (Å²) in [4.78, 5) is 11.1. The number of aromatic carboxylic acids is 1. The molecule has 0 aliphatic rings. The van der Waals surface area contributed by atoms with E-state index in [1.807, 2.05) is 6.07 Å². The van der Waals surface area contributed by atoms with E-state index < -0.39 is 5.97 Å². The molecule has 0 spiro atoms. The highest BCUT2D eigenvalue weighted by Gasteiger charge is 2.12. The molecular weight excluding hydrogens is 238 g/mol. The molecule has 3 nitrogen and oxygen atoms in total.